The van der Waals surface area contributed by atoms with Gasteiger partial charge in [-0.1, -0.05) is 0 Å². The van der Waals surface area contributed by atoms with Crippen molar-refractivity contribution in [3.8, 4) is 0 Å². The van der Waals surface area contributed by atoms with E-state index in [1.54, 1.807) is 0 Å². The molecule has 0 saturated carbocycles. The molecule has 0 saturated heterocycles. The molecule has 0 amide bonds. The van der Waals surface area contributed by atoms with Crippen LogP contribution in [-0.4, -0.2) is 27.2 Å². The number of aryl methyl sites for hydroxylation is 1. The number of aliphatic carboxylic acids is 1. The Kier molecular flexibility index (Phi) is 3.94. The molecule has 0 aliphatic rings. The lowest BCUT2D eigenvalue weighted by molar-refractivity contribution is -0.136. The molecule has 9 heteroatoms. The Morgan fingerprint density at radius 2 is 2.06 bits per heavy atom. The second-order valence-corrected chi connectivity index (χ2v) is 3.56. The molecule has 0 radical (unpaired) electrons. The van der Waals surface area contributed by atoms with Gasteiger partial charge in [-0.3, -0.25) is 9.59 Å². The predicted molar refractivity (Wildman–Crippen MR) is 55.0 cm³/mol. The Morgan fingerprint density at radius 1 is 1.44 bits per heavy atom. The first-order valence-electron chi connectivity index (χ1n) is 4.85. The number of nitrogens with zero attached hydrogens (tertiary/aromatic N) is 1. The first-order chi connectivity index (χ1) is 8.19. The average molecular weight is 265 g/mol. The van der Waals surface area contributed by atoms with E-state index in [0.29, 0.717) is 0 Å². The van der Waals surface area contributed by atoms with Crippen LogP contribution in [0.3, 0.4) is 0 Å². The van der Waals surface area contributed by atoms with Crippen molar-refractivity contribution < 1.29 is 23.1 Å². The van der Waals surface area contributed by atoms with E-state index in [1.807, 2.05) is 0 Å². The summed E-state index contributed by atoms with van der Waals surface area (Å²) in [5, 5.41) is 8.51. The lowest BCUT2D eigenvalue weighted by Crippen LogP contribution is -2.23. The van der Waals surface area contributed by atoms with Crippen LogP contribution in [0.5, 0.6) is 0 Å². The molecule has 0 fully saturated rings. The fourth-order valence-corrected chi connectivity index (χ4v) is 1.26. The van der Waals surface area contributed by atoms with E-state index in [2.05, 4.69) is 9.97 Å². The molecule has 0 unspecified atom stereocenters. The van der Waals surface area contributed by atoms with Crippen molar-refractivity contribution in [3.63, 3.8) is 0 Å². The molecule has 0 aromatic carbocycles. The highest BCUT2D eigenvalue weighted by Gasteiger charge is 2.27. The molecule has 1 rings (SSSR count). The topological polar surface area (TPSA) is 109 Å². The van der Waals surface area contributed by atoms with Gasteiger partial charge in [-0.15, -0.1) is 0 Å². The third kappa shape index (κ3) is 4.07. The number of rotatable bonds is 4. The Morgan fingerprint density at radius 3 is 2.50 bits per heavy atom. The van der Waals surface area contributed by atoms with E-state index in [-0.39, 0.29) is 17.2 Å². The minimum Gasteiger partial charge on any atom is -0.481 e. The molecule has 0 bridgehead atoms. The molecule has 1 aromatic rings. The van der Waals surface area contributed by atoms with E-state index in [0.717, 1.165) is 0 Å². The minimum absolute atomic E-state index is 0.219. The molecule has 6 nitrogen and oxygen atoms in total. The molecule has 18 heavy (non-hydrogen) atoms. The number of aromatic amines is 1. The van der Waals surface area contributed by atoms with Crippen molar-refractivity contribution in [1.82, 2.24) is 9.97 Å². The Balaban J connectivity index is 2.93. The van der Waals surface area contributed by atoms with Crippen LogP contribution in [0.15, 0.2) is 4.79 Å². The van der Waals surface area contributed by atoms with Crippen molar-refractivity contribution in [2.45, 2.75) is 25.4 Å². The zero-order valence-corrected chi connectivity index (χ0v) is 9.04. The first-order valence-corrected chi connectivity index (χ1v) is 4.85. The standard InChI is InChI=1S/C9H10F3N3O3/c10-9(11,12)2-1-5-14-7(13)4(3-6(16)17)8(18)15-5/h1-3H2,(H,16,17)(H3,13,14,15,18). The number of halogens is 3. The monoisotopic (exact) mass is 265 g/mol. The van der Waals surface area contributed by atoms with E-state index in [1.165, 1.54) is 0 Å². The summed E-state index contributed by atoms with van der Waals surface area (Å²) in [4.78, 5) is 27.5. The molecular formula is C9H10F3N3O3. The largest absolute Gasteiger partial charge is 0.481 e. The molecule has 0 aliphatic heterocycles. The molecular weight excluding hydrogens is 255 g/mol. The van der Waals surface area contributed by atoms with E-state index in [4.69, 9.17) is 10.8 Å². The highest BCUT2D eigenvalue weighted by molar-refractivity contribution is 5.71. The molecule has 4 N–H and O–H groups in total. The SMILES string of the molecule is Nc1nc(CCC(F)(F)F)[nH]c(=O)c1CC(=O)O. The number of hydrogen-bond donors (Lipinski definition) is 3. The maximum absolute atomic E-state index is 12.0. The number of hydrogen-bond acceptors (Lipinski definition) is 4. The Labute approximate surface area is 98.6 Å². The van der Waals surface area contributed by atoms with E-state index in [9.17, 15) is 22.8 Å². The highest BCUT2D eigenvalue weighted by Crippen LogP contribution is 2.21. The number of nitrogen functional groups attached to an aromatic ring is 1. The van der Waals surface area contributed by atoms with Crippen LogP contribution in [0.2, 0.25) is 0 Å². The van der Waals surface area contributed by atoms with Gasteiger partial charge in [-0.05, 0) is 0 Å². The summed E-state index contributed by atoms with van der Waals surface area (Å²) in [7, 11) is 0. The normalized spacial score (nSPS) is 11.5. The van der Waals surface area contributed by atoms with Crippen LogP contribution in [0.1, 0.15) is 17.8 Å². The molecule has 0 aliphatic carbocycles. The quantitative estimate of drug-likeness (QED) is 0.733. The lowest BCUT2D eigenvalue weighted by Gasteiger charge is -2.07. The summed E-state index contributed by atoms with van der Waals surface area (Å²) in [5.41, 5.74) is 4.24. The van der Waals surface area contributed by atoms with Crippen molar-refractivity contribution in [2.75, 3.05) is 5.73 Å². The maximum atomic E-state index is 12.0. The maximum Gasteiger partial charge on any atom is 0.389 e. The van der Waals surface area contributed by atoms with Crippen molar-refractivity contribution >= 4 is 11.8 Å². The third-order valence-electron chi connectivity index (χ3n) is 2.07. The van der Waals surface area contributed by atoms with Gasteiger partial charge in [0.2, 0.25) is 0 Å². The van der Waals surface area contributed by atoms with Gasteiger partial charge in [0.1, 0.15) is 11.6 Å². The third-order valence-corrected chi connectivity index (χ3v) is 2.07. The summed E-state index contributed by atoms with van der Waals surface area (Å²) < 4.78 is 35.9. The molecule has 1 aromatic heterocycles. The minimum atomic E-state index is -4.37. The van der Waals surface area contributed by atoms with Crippen LogP contribution < -0.4 is 11.3 Å². The number of H-pyrrole nitrogens is 1. The fraction of sp³-hybridized carbons (Fsp3) is 0.444. The highest BCUT2D eigenvalue weighted by atomic mass is 19.4. The summed E-state index contributed by atoms with van der Waals surface area (Å²) >= 11 is 0. The van der Waals surface area contributed by atoms with E-state index >= 15 is 0 Å². The number of carbonyl (C=O) groups is 1. The predicted octanol–water partition coefficient (Wildman–Crippen LogP) is 0.474. The summed E-state index contributed by atoms with van der Waals surface area (Å²) in [6.07, 6.45) is -6.66. The lowest BCUT2D eigenvalue weighted by atomic mass is 10.2. The van der Waals surface area contributed by atoms with Gasteiger partial charge >= 0.3 is 12.1 Å². The van der Waals surface area contributed by atoms with Crippen LogP contribution in [0, 0.1) is 0 Å². The van der Waals surface area contributed by atoms with Crippen LogP contribution in [0.25, 0.3) is 0 Å². The number of aromatic nitrogens is 2. The molecule has 1 heterocycles. The Bertz CT molecular complexity index is 510. The Hall–Kier alpha value is -2.06. The smallest absolute Gasteiger partial charge is 0.389 e. The number of anilines is 1. The van der Waals surface area contributed by atoms with Gasteiger partial charge < -0.3 is 15.8 Å². The zero-order chi connectivity index (χ0) is 13.9. The fourth-order valence-electron chi connectivity index (χ4n) is 1.26. The molecule has 100 valence electrons. The number of nitrogens with two attached hydrogens (primary N) is 1. The number of alkyl halides is 3. The van der Waals surface area contributed by atoms with Gasteiger partial charge in [-0.25, -0.2) is 4.98 Å². The average Bonchev–Trinajstić information content (AvgIpc) is 2.19. The van der Waals surface area contributed by atoms with Crippen molar-refractivity contribution in [1.29, 1.82) is 0 Å². The number of nitrogens with one attached hydrogen (secondary N) is 1. The second-order valence-electron chi connectivity index (χ2n) is 3.56. The van der Waals surface area contributed by atoms with Crippen LogP contribution in [0.4, 0.5) is 19.0 Å². The summed E-state index contributed by atoms with van der Waals surface area (Å²) in [6.45, 7) is 0. The van der Waals surface area contributed by atoms with E-state index < -0.39 is 37.0 Å². The molecule has 0 atom stereocenters. The zero-order valence-electron chi connectivity index (χ0n) is 9.04. The van der Waals surface area contributed by atoms with Gasteiger partial charge in [0.05, 0.1) is 18.4 Å². The van der Waals surface area contributed by atoms with Gasteiger partial charge in [0.25, 0.3) is 5.56 Å². The summed E-state index contributed by atoms with van der Waals surface area (Å²) in [6, 6.07) is 0. The summed E-state index contributed by atoms with van der Waals surface area (Å²) in [5.74, 6) is -1.86. The van der Waals surface area contributed by atoms with Crippen molar-refractivity contribution in [2.24, 2.45) is 0 Å². The second kappa shape index (κ2) is 5.07. The van der Waals surface area contributed by atoms with Gasteiger partial charge in [-0.2, -0.15) is 13.2 Å². The van der Waals surface area contributed by atoms with Gasteiger partial charge in [0, 0.05) is 6.42 Å². The van der Waals surface area contributed by atoms with Crippen LogP contribution >= 0.6 is 0 Å². The van der Waals surface area contributed by atoms with Crippen LogP contribution in [-0.2, 0) is 17.6 Å². The number of carboxylic acid groups (broad SMARTS) is 1. The number of carboxylic acids is 1. The first kappa shape index (κ1) is 14.0. The van der Waals surface area contributed by atoms with Gasteiger partial charge in [0.15, 0.2) is 0 Å². The molecule has 0 spiro atoms. The van der Waals surface area contributed by atoms with Crippen molar-refractivity contribution in [3.05, 3.63) is 21.7 Å².